The number of hydrogen-bond acceptors (Lipinski definition) is 4. The molecule has 1 aliphatic rings. The van der Waals surface area contributed by atoms with E-state index in [2.05, 4.69) is 10.3 Å². The van der Waals surface area contributed by atoms with Crippen LogP contribution >= 0.6 is 11.6 Å². The number of amides is 3. The van der Waals surface area contributed by atoms with Gasteiger partial charge in [0.2, 0.25) is 11.8 Å². The first-order valence-corrected chi connectivity index (χ1v) is 5.17. The molecule has 3 amide bonds. The van der Waals surface area contributed by atoms with Gasteiger partial charge >= 0.3 is 0 Å². The van der Waals surface area contributed by atoms with Gasteiger partial charge in [0, 0.05) is 11.8 Å². The van der Waals surface area contributed by atoms with E-state index in [0.717, 1.165) is 4.90 Å². The molecule has 1 N–H and O–H groups in total. The van der Waals surface area contributed by atoms with Gasteiger partial charge < -0.3 is 4.90 Å². The van der Waals surface area contributed by atoms with E-state index in [-0.39, 0.29) is 18.2 Å². The molecule has 0 aromatic carbocycles. The summed E-state index contributed by atoms with van der Waals surface area (Å²) < 4.78 is 0. The number of piperazine rings is 1. The summed E-state index contributed by atoms with van der Waals surface area (Å²) in [5, 5.41) is 2.30. The number of carbonyl (C=O) groups is 3. The molecule has 0 spiro atoms. The minimum absolute atomic E-state index is 0.134. The molecule has 7 heteroatoms. The topological polar surface area (TPSA) is 79.4 Å². The van der Waals surface area contributed by atoms with Crippen LogP contribution in [0.5, 0.6) is 0 Å². The maximum Gasteiger partial charge on any atom is 0.254 e. The predicted molar refractivity (Wildman–Crippen MR) is 58.3 cm³/mol. The molecule has 1 saturated heterocycles. The Morgan fingerprint density at radius 1 is 1.35 bits per heavy atom. The van der Waals surface area contributed by atoms with Crippen molar-refractivity contribution in [3.63, 3.8) is 0 Å². The third-order valence-electron chi connectivity index (χ3n) is 2.21. The maximum atomic E-state index is 12.0. The van der Waals surface area contributed by atoms with E-state index in [4.69, 9.17) is 11.6 Å². The number of nitrogens with zero attached hydrogens (tertiary/aromatic N) is 2. The first kappa shape index (κ1) is 11.5. The number of halogens is 1. The van der Waals surface area contributed by atoms with Gasteiger partial charge in [0.25, 0.3) is 5.91 Å². The Balaban J connectivity index is 2.20. The fourth-order valence-corrected chi connectivity index (χ4v) is 1.67. The Bertz CT molecular complexity index is 487. The molecule has 6 nitrogen and oxygen atoms in total. The molecule has 1 aromatic rings. The molecule has 0 aliphatic carbocycles. The highest BCUT2D eigenvalue weighted by Gasteiger charge is 2.27. The summed E-state index contributed by atoms with van der Waals surface area (Å²) in [7, 11) is 0. The van der Waals surface area contributed by atoms with Gasteiger partial charge in [-0.1, -0.05) is 11.6 Å². The average molecular weight is 254 g/mol. The SMILES string of the molecule is O=C1CN(C(=O)c2ccnc(Cl)c2)CC(=O)N1. The highest BCUT2D eigenvalue weighted by atomic mass is 35.5. The van der Waals surface area contributed by atoms with Crippen molar-refractivity contribution < 1.29 is 14.4 Å². The molecule has 1 aromatic heterocycles. The first-order valence-electron chi connectivity index (χ1n) is 4.80. The standard InChI is InChI=1S/C10H8ClN3O3/c11-7-3-6(1-2-12-7)10(17)14-4-8(15)13-9(16)5-14/h1-3H,4-5H2,(H,13,15,16). The lowest BCUT2D eigenvalue weighted by Crippen LogP contribution is -2.53. The number of hydrogen-bond donors (Lipinski definition) is 1. The first-order chi connectivity index (χ1) is 8.06. The van der Waals surface area contributed by atoms with Crippen LogP contribution in [0.2, 0.25) is 5.15 Å². The Morgan fingerprint density at radius 2 is 2.00 bits per heavy atom. The van der Waals surface area contributed by atoms with Crippen LogP contribution in [0, 0.1) is 0 Å². The summed E-state index contributed by atoms with van der Waals surface area (Å²) in [6.07, 6.45) is 1.39. The zero-order valence-electron chi connectivity index (χ0n) is 8.64. The van der Waals surface area contributed by atoms with Crippen molar-refractivity contribution in [2.45, 2.75) is 0 Å². The lowest BCUT2D eigenvalue weighted by atomic mass is 10.2. The van der Waals surface area contributed by atoms with Crippen LogP contribution < -0.4 is 5.32 Å². The molecule has 0 radical (unpaired) electrons. The molecule has 2 rings (SSSR count). The van der Waals surface area contributed by atoms with E-state index in [0.29, 0.717) is 5.56 Å². The summed E-state index contributed by atoms with van der Waals surface area (Å²) >= 11 is 5.66. The van der Waals surface area contributed by atoms with E-state index in [1.165, 1.54) is 18.3 Å². The van der Waals surface area contributed by atoms with Crippen LogP contribution in [0.3, 0.4) is 0 Å². The molecule has 88 valence electrons. The predicted octanol–water partition coefficient (Wildman–Crippen LogP) is -0.166. The van der Waals surface area contributed by atoms with Crippen LogP contribution in [0.1, 0.15) is 10.4 Å². The van der Waals surface area contributed by atoms with Crippen molar-refractivity contribution in [1.82, 2.24) is 15.2 Å². The Hall–Kier alpha value is -1.95. The zero-order chi connectivity index (χ0) is 12.4. The summed E-state index contributed by atoms with van der Waals surface area (Å²) in [5.41, 5.74) is 0.299. The second-order valence-electron chi connectivity index (χ2n) is 3.50. The average Bonchev–Trinajstić information content (AvgIpc) is 2.26. The van der Waals surface area contributed by atoms with Crippen molar-refractivity contribution in [3.8, 4) is 0 Å². The van der Waals surface area contributed by atoms with Crippen LogP contribution in [-0.2, 0) is 9.59 Å². The van der Waals surface area contributed by atoms with Crippen LogP contribution in [0.15, 0.2) is 18.3 Å². The number of pyridine rings is 1. The van der Waals surface area contributed by atoms with Crippen molar-refractivity contribution in [1.29, 1.82) is 0 Å². The second-order valence-corrected chi connectivity index (χ2v) is 3.89. The largest absolute Gasteiger partial charge is 0.320 e. The van der Waals surface area contributed by atoms with Crippen LogP contribution in [0.25, 0.3) is 0 Å². The van der Waals surface area contributed by atoms with Crippen molar-refractivity contribution in [2.75, 3.05) is 13.1 Å². The van der Waals surface area contributed by atoms with Gasteiger partial charge in [0.1, 0.15) is 18.2 Å². The van der Waals surface area contributed by atoms with Crippen molar-refractivity contribution in [2.24, 2.45) is 0 Å². The lowest BCUT2D eigenvalue weighted by molar-refractivity contribution is -0.135. The van der Waals surface area contributed by atoms with Crippen LogP contribution in [-0.4, -0.2) is 40.7 Å². The highest BCUT2D eigenvalue weighted by Crippen LogP contribution is 2.10. The van der Waals surface area contributed by atoms with E-state index in [9.17, 15) is 14.4 Å². The lowest BCUT2D eigenvalue weighted by Gasteiger charge is -2.25. The molecule has 0 atom stereocenters. The van der Waals surface area contributed by atoms with E-state index in [1.54, 1.807) is 0 Å². The second kappa shape index (κ2) is 4.50. The molecule has 1 aliphatic heterocycles. The molecular weight excluding hydrogens is 246 g/mol. The summed E-state index contributed by atoms with van der Waals surface area (Å²) in [5.74, 6) is -1.40. The smallest absolute Gasteiger partial charge is 0.254 e. The fourth-order valence-electron chi connectivity index (χ4n) is 1.50. The highest BCUT2D eigenvalue weighted by molar-refractivity contribution is 6.29. The minimum atomic E-state index is -0.491. The van der Waals surface area contributed by atoms with E-state index in [1.807, 2.05) is 0 Å². The quantitative estimate of drug-likeness (QED) is 0.557. The molecule has 2 heterocycles. The van der Waals surface area contributed by atoms with Crippen molar-refractivity contribution >= 4 is 29.3 Å². The van der Waals surface area contributed by atoms with Gasteiger partial charge in [0.15, 0.2) is 0 Å². The Morgan fingerprint density at radius 3 is 2.59 bits per heavy atom. The van der Waals surface area contributed by atoms with Gasteiger partial charge in [-0.15, -0.1) is 0 Å². The number of aromatic nitrogens is 1. The monoisotopic (exact) mass is 253 g/mol. The molecule has 0 bridgehead atoms. The molecular formula is C10H8ClN3O3. The van der Waals surface area contributed by atoms with Crippen molar-refractivity contribution in [3.05, 3.63) is 29.0 Å². The molecule has 0 saturated carbocycles. The summed E-state index contributed by atoms with van der Waals surface area (Å²) in [6, 6.07) is 2.87. The minimum Gasteiger partial charge on any atom is -0.320 e. The number of carbonyl (C=O) groups excluding carboxylic acids is 3. The van der Waals surface area contributed by atoms with Gasteiger partial charge in [0.05, 0.1) is 0 Å². The van der Waals surface area contributed by atoms with Gasteiger partial charge in [-0.05, 0) is 12.1 Å². The van der Waals surface area contributed by atoms with Gasteiger partial charge in [-0.2, -0.15) is 0 Å². The fraction of sp³-hybridized carbons (Fsp3) is 0.200. The molecule has 17 heavy (non-hydrogen) atoms. The maximum absolute atomic E-state index is 12.0. The third-order valence-corrected chi connectivity index (χ3v) is 2.42. The summed E-state index contributed by atoms with van der Waals surface area (Å²) in [4.78, 5) is 39.1. The normalized spacial score (nSPS) is 15.7. The van der Waals surface area contributed by atoms with Gasteiger partial charge in [-0.25, -0.2) is 4.98 Å². The number of nitrogens with one attached hydrogen (secondary N) is 1. The van der Waals surface area contributed by atoms with E-state index < -0.39 is 17.7 Å². The molecule has 0 unspecified atom stereocenters. The third kappa shape index (κ3) is 2.59. The molecule has 1 fully saturated rings. The number of rotatable bonds is 1. The van der Waals surface area contributed by atoms with E-state index >= 15 is 0 Å². The zero-order valence-corrected chi connectivity index (χ0v) is 9.40. The Labute approximate surface area is 102 Å². The van der Waals surface area contributed by atoms with Gasteiger partial charge in [-0.3, -0.25) is 19.7 Å². The number of imide groups is 1. The van der Waals surface area contributed by atoms with Crippen LogP contribution in [0.4, 0.5) is 0 Å². The Kier molecular flexibility index (Phi) is 3.06. The summed E-state index contributed by atoms with van der Waals surface area (Å²) in [6.45, 7) is -0.269.